The van der Waals surface area contributed by atoms with E-state index in [1.54, 1.807) is 0 Å². The van der Waals surface area contributed by atoms with Crippen LogP contribution in [0.3, 0.4) is 0 Å². The van der Waals surface area contributed by atoms with Gasteiger partial charge in [-0.15, -0.1) is 0 Å². The van der Waals surface area contributed by atoms with Gasteiger partial charge in [0.25, 0.3) is 5.24 Å². The van der Waals surface area contributed by atoms with E-state index in [4.69, 9.17) is 23.2 Å². The van der Waals surface area contributed by atoms with E-state index in [9.17, 15) is 4.79 Å². The van der Waals surface area contributed by atoms with Crippen LogP contribution in [0, 0.1) is 0 Å². The highest BCUT2D eigenvalue weighted by Crippen LogP contribution is 2.03. The molecule has 1 heterocycles. The van der Waals surface area contributed by atoms with Crippen molar-refractivity contribution in [2.45, 2.75) is 0 Å². The second-order valence-electron chi connectivity index (χ2n) is 1.50. The van der Waals surface area contributed by atoms with Gasteiger partial charge < -0.3 is 0 Å². The number of carbonyl (C=O) groups is 1. The summed E-state index contributed by atoms with van der Waals surface area (Å²) in [4.78, 5) is 17.5. The fraction of sp³-hybridized carbons (Fsp3) is 0. The van der Waals surface area contributed by atoms with Crippen molar-refractivity contribution in [2.24, 2.45) is 0 Å². The average Bonchev–Trinajstić information content (AvgIpc) is 1.88. The Morgan fingerprint density at radius 1 is 1.40 bits per heavy atom. The normalized spacial score (nSPS) is 9.40. The van der Waals surface area contributed by atoms with Gasteiger partial charge in [0, 0.05) is 12.4 Å². The first-order chi connectivity index (χ1) is 4.70. The van der Waals surface area contributed by atoms with Crippen LogP contribution in [0.15, 0.2) is 12.4 Å². The Morgan fingerprint density at radius 2 is 1.90 bits per heavy atom. The highest BCUT2D eigenvalue weighted by molar-refractivity contribution is 6.67. The molecule has 1 aromatic heterocycles. The Labute approximate surface area is 67.0 Å². The molecule has 0 unspecified atom stereocenters. The van der Waals surface area contributed by atoms with Crippen molar-refractivity contribution in [3.05, 3.63) is 23.2 Å². The van der Waals surface area contributed by atoms with Crippen molar-refractivity contribution in [3.8, 4) is 0 Å². The molecule has 0 N–H and O–H groups in total. The highest BCUT2D eigenvalue weighted by atomic mass is 35.5. The van der Waals surface area contributed by atoms with Crippen molar-refractivity contribution >= 4 is 28.4 Å². The van der Waals surface area contributed by atoms with Gasteiger partial charge in [-0.05, 0) is 11.6 Å². The van der Waals surface area contributed by atoms with E-state index in [0.29, 0.717) is 5.02 Å². The summed E-state index contributed by atoms with van der Waals surface area (Å²) in [5.74, 6) is -0.0360. The lowest BCUT2D eigenvalue weighted by Crippen LogP contribution is -1.96. The second-order valence-corrected chi connectivity index (χ2v) is 2.28. The van der Waals surface area contributed by atoms with Crippen LogP contribution in [-0.2, 0) is 0 Å². The van der Waals surface area contributed by atoms with E-state index in [1.807, 2.05) is 0 Å². The molecule has 5 heteroatoms. The summed E-state index contributed by atoms with van der Waals surface area (Å²) in [7, 11) is 0. The minimum absolute atomic E-state index is 0.0360. The van der Waals surface area contributed by atoms with Crippen molar-refractivity contribution < 1.29 is 4.79 Å². The molecule has 0 atom stereocenters. The number of aromatic nitrogens is 2. The van der Waals surface area contributed by atoms with Crippen LogP contribution in [0.5, 0.6) is 0 Å². The zero-order valence-corrected chi connectivity index (χ0v) is 6.23. The smallest absolute Gasteiger partial charge is 0.272 e. The average molecular weight is 177 g/mol. The molecule has 0 amide bonds. The van der Waals surface area contributed by atoms with Crippen molar-refractivity contribution in [1.82, 2.24) is 9.97 Å². The largest absolute Gasteiger partial charge is 0.289 e. The molecule has 0 radical (unpaired) electrons. The third kappa shape index (κ3) is 1.65. The molecule has 3 nitrogen and oxygen atoms in total. The van der Waals surface area contributed by atoms with E-state index in [2.05, 4.69) is 9.97 Å². The van der Waals surface area contributed by atoms with Gasteiger partial charge in [0.05, 0.1) is 5.02 Å². The first-order valence-electron chi connectivity index (χ1n) is 2.37. The van der Waals surface area contributed by atoms with Crippen LogP contribution < -0.4 is 0 Å². The van der Waals surface area contributed by atoms with Crippen LogP contribution >= 0.6 is 23.2 Å². The van der Waals surface area contributed by atoms with Crippen molar-refractivity contribution in [3.63, 3.8) is 0 Å². The first-order valence-corrected chi connectivity index (χ1v) is 3.13. The predicted molar refractivity (Wildman–Crippen MR) is 37.2 cm³/mol. The number of hydrogen-bond donors (Lipinski definition) is 0. The highest BCUT2D eigenvalue weighted by Gasteiger charge is 2.02. The van der Waals surface area contributed by atoms with Gasteiger partial charge in [0.15, 0.2) is 0 Å². The summed E-state index contributed by atoms with van der Waals surface area (Å²) in [5.41, 5.74) is 0. The lowest BCUT2D eigenvalue weighted by atomic mass is 10.6. The van der Waals surface area contributed by atoms with Crippen LogP contribution in [0.4, 0.5) is 0 Å². The summed E-state index contributed by atoms with van der Waals surface area (Å²) >= 11 is 10.5. The Kier molecular flexibility index (Phi) is 2.19. The fourth-order valence-corrected chi connectivity index (χ4v) is 0.609. The maximum atomic E-state index is 10.4. The number of nitrogens with zero attached hydrogens (tertiary/aromatic N) is 2. The number of halogens is 2. The van der Waals surface area contributed by atoms with Gasteiger partial charge >= 0.3 is 0 Å². The van der Waals surface area contributed by atoms with Crippen LogP contribution in [0.2, 0.25) is 5.02 Å². The summed E-state index contributed by atoms with van der Waals surface area (Å²) < 4.78 is 0. The van der Waals surface area contributed by atoms with E-state index < -0.39 is 5.24 Å². The SMILES string of the molecule is O=C(Cl)c1ncc(Cl)cn1. The minimum Gasteiger partial charge on any atom is -0.272 e. The molecule has 0 saturated heterocycles. The van der Waals surface area contributed by atoms with E-state index >= 15 is 0 Å². The molecule has 0 aliphatic heterocycles. The van der Waals surface area contributed by atoms with Gasteiger partial charge in [-0.2, -0.15) is 0 Å². The van der Waals surface area contributed by atoms with Gasteiger partial charge in [-0.25, -0.2) is 9.97 Å². The molecule has 1 rings (SSSR count). The Hall–Kier alpha value is -0.670. The predicted octanol–water partition coefficient (Wildman–Crippen LogP) is 1.51. The molecule has 0 aliphatic rings. The molecule has 0 aromatic carbocycles. The molecule has 1 aromatic rings. The van der Waals surface area contributed by atoms with E-state index in [-0.39, 0.29) is 5.82 Å². The third-order valence-corrected chi connectivity index (χ3v) is 1.16. The summed E-state index contributed by atoms with van der Waals surface area (Å²) in [6.45, 7) is 0. The van der Waals surface area contributed by atoms with Crippen molar-refractivity contribution in [1.29, 1.82) is 0 Å². The van der Waals surface area contributed by atoms with Crippen LogP contribution in [0.1, 0.15) is 10.6 Å². The second kappa shape index (κ2) is 2.94. The Bertz CT molecular complexity index is 246. The van der Waals surface area contributed by atoms with Gasteiger partial charge in [0.1, 0.15) is 0 Å². The molecule has 52 valence electrons. The van der Waals surface area contributed by atoms with Gasteiger partial charge in [-0.3, -0.25) is 4.79 Å². The van der Waals surface area contributed by atoms with Gasteiger partial charge in [0.2, 0.25) is 5.82 Å². The topological polar surface area (TPSA) is 42.9 Å². The standard InChI is InChI=1S/C5H2Cl2N2O/c6-3-1-8-5(4(7)10)9-2-3/h1-2H. The van der Waals surface area contributed by atoms with Crippen LogP contribution in [0.25, 0.3) is 0 Å². The van der Waals surface area contributed by atoms with E-state index in [0.717, 1.165) is 0 Å². The first kappa shape index (κ1) is 7.44. The zero-order chi connectivity index (χ0) is 7.56. The lowest BCUT2D eigenvalue weighted by molar-refractivity contribution is 0.107. The maximum Gasteiger partial charge on any atom is 0.289 e. The molecule has 10 heavy (non-hydrogen) atoms. The molecular weight excluding hydrogens is 175 g/mol. The molecule has 0 aliphatic carbocycles. The third-order valence-electron chi connectivity index (χ3n) is 0.796. The van der Waals surface area contributed by atoms with E-state index in [1.165, 1.54) is 12.4 Å². The summed E-state index contributed by atoms with van der Waals surface area (Å²) in [6.07, 6.45) is 2.62. The fourth-order valence-electron chi connectivity index (χ4n) is 0.414. The zero-order valence-electron chi connectivity index (χ0n) is 4.71. The number of hydrogen-bond acceptors (Lipinski definition) is 3. The number of rotatable bonds is 1. The molecular formula is C5H2Cl2N2O. The lowest BCUT2D eigenvalue weighted by Gasteiger charge is -1.89. The quantitative estimate of drug-likeness (QED) is 0.610. The van der Waals surface area contributed by atoms with Crippen molar-refractivity contribution in [2.75, 3.05) is 0 Å². The monoisotopic (exact) mass is 176 g/mol. The molecule has 0 fully saturated rings. The minimum atomic E-state index is -0.684. The summed E-state index contributed by atoms with van der Waals surface area (Å²) in [5, 5.41) is -0.307. The number of carbonyl (C=O) groups excluding carboxylic acids is 1. The Morgan fingerprint density at radius 3 is 2.30 bits per heavy atom. The molecule has 0 spiro atoms. The van der Waals surface area contributed by atoms with Crippen LogP contribution in [-0.4, -0.2) is 15.2 Å². The Balaban J connectivity index is 3.00. The van der Waals surface area contributed by atoms with Gasteiger partial charge in [-0.1, -0.05) is 11.6 Å². The molecule has 0 bridgehead atoms. The maximum absolute atomic E-state index is 10.4. The summed E-state index contributed by atoms with van der Waals surface area (Å²) in [6, 6.07) is 0. The molecule has 0 saturated carbocycles.